The number of hydrogen-bond acceptors (Lipinski definition) is 3. The molecule has 3 nitrogen and oxygen atoms in total. The molecule has 1 atom stereocenters. The van der Waals surface area contributed by atoms with Gasteiger partial charge in [-0.05, 0) is 30.7 Å². The molecule has 0 bridgehead atoms. The van der Waals surface area contributed by atoms with Gasteiger partial charge in [-0.2, -0.15) is 5.26 Å². The van der Waals surface area contributed by atoms with Crippen LogP contribution < -0.4 is 5.32 Å². The molecule has 106 valence electrons. The smallest absolute Gasteiger partial charge is 0.237 e. The van der Waals surface area contributed by atoms with Crippen LogP contribution in [0.4, 0.5) is 5.69 Å². The zero-order valence-electron chi connectivity index (χ0n) is 11.7. The maximum absolute atomic E-state index is 12.1. The van der Waals surface area contributed by atoms with E-state index in [-0.39, 0.29) is 11.2 Å². The fourth-order valence-electron chi connectivity index (χ4n) is 1.78. The van der Waals surface area contributed by atoms with E-state index in [1.54, 1.807) is 36.0 Å². The maximum Gasteiger partial charge on any atom is 0.237 e. The van der Waals surface area contributed by atoms with Gasteiger partial charge in [0, 0.05) is 11.4 Å². The number of rotatable bonds is 5. The molecule has 0 aliphatic rings. The summed E-state index contributed by atoms with van der Waals surface area (Å²) in [6, 6.07) is 19.1. The lowest BCUT2D eigenvalue weighted by atomic mass is 10.2. The van der Waals surface area contributed by atoms with Gasteiger partial charge >= 0.3 is 0 Å². The summed E-state index contributed by atoms with van der Waals surface area (Å²) in [4.78, 5) is 12.1. The van der Waals surface area contributed by atoms with Crippen LogP contribution in [0.5, 0.6) is 0 Å². The molecule has 0 aliphatic heterocycles. The van der Waals surface area contributed by atoms with Gasteiger partial charge < -0.3 is 5.32 Å². The number of carbonyl (C=O) groups excluding carboxylic acids is 1. The highest BCUT2D eigenvalue weighted by molar-refractivity contribution is 7.99. The van der Waals surface area contributed by atoms with Gasteiger partial charge in [-0.1, -0.05) is 36.4 Å². The summed E-state index contributed by atoms with van der Waals surface area (Å²) in [7, 11) is 0. The fourth-order valence-corrected chi connectivity index (χ4v) is 2.63. The van der Waals surface area contributed by atoms with E-state index >= 15 is 0 Å². The second kappa shape index (κ2) is 7.51. The van der Waals surface area contributed by atoms with Crippen LogP contribution in [0.15, 0.2) is 54.6 Å². The lowest BCUT2D eigenvalue weighted by Gasteiger charge is -2.12. The van der Waals surface area contributed by atoms with Crippen LogP contribution in [-0.2, 0) is 10.5 Å². The Balaban J connectivity index is 1.89. The maximum atomic E-state index is 12.1. The lowest BCUT2D eigenvalue weighted by molar-refractivity contribution is -0.115. The highest BCUT2D eigenvalue weighted by Gasteiger charge is 2.13. The molecule has 0 saturated heterocycles. The van der Waals surface area contributed by atoms with Crippen LogP contribution in [0.25, 0.3) is 0 Å². The van der Waals surface area contributed by atoms with Crippen molar-refractivity contribution in [2.45, 2.75) is 17.9 Å². The number of amides is 1. The SMILES string of the molecule is CC(SCc1ccccc1)C(=O)Nc1cccc(C#N)c1. The van der Waals surface area contributed by atoms with E-state index in [9.17, 15) is 4.79 Å². The molecule has 0 spiro atoms. The molecular formula is C17H16N2OS. The highest BCUT2D eigenvalue weighted by atomic mass is 32.2. The third-order valence-corrected chi connectivity index (χ3v) is 4.19. The van der Waals surface area contributed by atoms with Gasteiger partial charge in [0.1, 0.15) is 0 Å². The highest BCUT2D eigenvalue weighted by Crippen LogP contribution is 2.19. The molecule has 0 radical (unpaired) electrons. The van der Waals surface area contributed by atoms with E-state index < -0.39 is 0 Å². The number of hydrogen-bond donors (Lipinski definition) is 1. The Morgan fingerprint density at radius 3 is 2.71 bits per heavy atom. The Bertz CT molecular complexity index is 649. The molecule has 2 rings (SSSR count). The molecule has 1 N–H and O–H groups in total. The van der Waals surface area contributed by atoms with Crippen molar-refractivity contribution in [3.8, 4) is 6.07 Å². The molecule has 0 aliphatic carbocycles. The molecule has 1 amide bonds. The molecule has 2 aromatic carbocycles. The molecule has 4 heteroatoms. The summed E-state index contributed by atoms with van der Waals surface area (Å²) in [5.74, 6) is 0.749. The molecule has 0 heterocycles. The first-order chi connectivity index (χ1) is 10.2. The van der Waals surface area contributed by atoms with Crippen LogP contribution in [0.3, 0.4) is 0 Å². The summed E-state index contributed by atoms with van der Waals surface area (Å²) in [5.41, 5.74) is 2.40. The monoisotopic (exact) mass is 296 g/mol. The number of nitriles is 1. The summed E-state index contributed by atoms with van der Waals surface area (Å²) in [6.07, 6.45) is 0. The van der Waals surface area contributed by atoms with Crippen molar-refractivity contribution >= 4 is 23.4 Å². The minimum absolute atomic E-state index is 0.0500. The lowest BCUT2D eigenvalue weighted by Crippen LogP contribution is -2.22. The number of nitrogens with zero attached hydrogens (tertiary/aromatic N) is 1. The first-order valence-corrected chi connectivity index (χ1v) is 7.70. The van der Waals surface area contributed by atoms with Crippen molar-refractivity contribution in [3.63, 3.8) is 0 Å². The Hall–Kier alpha value is -2.25. The first kappa shape index (κ1) is 15.1. The van der Waals surface area contributed by atoms with E-state index in [0.29, 0.717) is 11.3 Å². The standard InChI is InChI=1S/C17H16N2OS/c1-13(21-12-14-6-3-2-4-7-14)17(20)19-16-9-5-8-15(10-16)11-18/h2-10,13H,12H2,1H3,(H,19,20). The predicted molar refractivity (Wildman–Crippen MR) is 87.0 cm³/mol. The van der Waals surface area contributed by atoms with Crippen molar-refractivity contribution < 1.29 is 4.79 Å². The molecule has 0 saturated carbocycles. The summed E-state index contributed by atoms with van der Waals surface area (Å²) < 4.78 is 0. The zero-order valence-corrected chi connectivity index (χ0v) is 12.6. The van der Waals surface area contributed by atoms with Gasteiger partial charge in [0.25, 0.3) is 0 Å². The van der Waals surface area contributed by atoms with Gasteiger partial charge in [0.2, 0.25) is 5.91 Å². The van der Waals surface area contributed by atoms with Crippen molar-refractivity contribution in [2.75, 3.05) is 5.32 Å². The number of nitrogens with one attached hydrogen (secondary N) is 1. The number of thioether (sulfide) groups is 1. The van der Waals surface area contributed by atoms with Gasteiger partial charge in [-0.15, -0.1) is 11.8 Å². The van der Waals surface area contributed by atoms with Crippen LogP contribution >= 0.6 is 11.8 Å². The Morgan fingerprint density at radius 2 is 2.00 bits per heavy atom. The summed E-state index contributed by atoms with van der Waals surface area (Å²) in [6.45, 7) is 1.89. The van der Waals surface area contributed by atoms with Crippen molar-refractivity contribution in [1.82, 2.24) is 0 Å². The van der Waals surface area contributed by atoms with E-state index in [4.69, 9.17) is 5.26 Å². The van der Waals surface area contributed by atoms with Gasteiger partial charge in [0.15, 0.2) is 0 Å². The molecule has 0 fully saturated rings. The largest absolute Gasteiger partial charge is 0.325 e. The second-order valence-corrected chi connectivity index (χ2v) is 5.95. The number of anilines is 1. The van der Waals surface area contributed by atoms with Crippen molar-refractivity contribution in [2.24, 2.45) is 0 Å². The minimum Gasteiger partial charge on any atom is -0.325 e. The van der Waals surface area contributed by atoms with E-state index in [1.165, 1.54) is 5.56 Å². The molecule has 0 aromatic heterocycles. The van der Waals surface area contributed by atoms with Crippen LogP contribution in [-0.4, -0.2) is 11.2 Å². The number of carbonyl (C=O) groups is 1. The van der Waals surface area contributed by atoms with Gasteiger partial charge in [-0.25, -0.2) is 0 Å². The van der Waals surface area contributed by atoms with Gasteiger partial charge in [0.05, 0.1) is 16.9 Å². The molecule has 2 aromatic rings. The summed E-state index contributed by atoms with van der Waals surface area (Å²) >= 11 is 1.59. The van der Waals surface area contributed by atoms with E-state index in [0.717, 1.165) is 5.75 Å². The van der Waals surface area contributed by atoms with Crippen LogP contribution in [0, 0.1) is 11.3 Å². The molecular weight excluding hydrogens is 280 g/mol. The quantitative estimate of drug-likeness (QED) is 0.912. The Labute approximate surface area is 129 Å². The zero-order chi connectivity index (χ0) is 15.1. The second-order valence-electron chi connectivity index (χ2n) is 4.62. The average molecular weight is 296 g/mol. The van der Waals surface area contributed by atoms with Gasteiger partial charge in [-0.3, -0.25) is 4.79 Å². The average Bonchev–Trinajstić information content (AvgIpc) is 2.53. The molecule has 21 heavy (non-hydrogen) atoms. The normalized spacial score (nSPS) is 11.4. The minimum atomic E-state index is -0.157. The van der Waals surface area contributed by atoms with E-state index in [2.05, 4.69) is 11.4 Å². The number of benzene rings is 2. The van der Waals surface area contributed by atoms with Crippen LogP contribution in [0.2, 0.25) is 0 Å². The first-order valence-electron chi connectivity index (χ1n) is 6.65. The fraction of sp³-hybridized carbons (Fsp3) is 0.176. The van der Waals surface area contributed by atoms with E-state index in [1.807, 2.05) is 37.3 Å². The molecule has 1 unspecified atom stereocenters. The Kier molecular flexibility index (Phi) is 5.42. The van der Waals surface area contributed by atoms with Crippen molar-refractivity contribution in [1.29, 1.82) is 5.26 Å². The van der Waals surface area contributed by atoms with Crippen molar-refractivity contribution in [3.05, 3.63) is 65.7 Å². The summed E-state index contributed by atoms with van der Waals surface area (Å²) in [5, 5.41) is 11.5. The predicted octanol–water partition coefficient (Wildman–Crippen LogP) is 3.82. The topological polar surface area (TPSA) is 52.9 Å². The van der Waals surface area contributed by atoms with Crippen LogP contribution in [0.1, 0.15) is 18.1 Å². The third kappa shape index (κ3) is 4.66. The Morgan fingerprint density at radius 1 is 1.24 bits per heavy atom. The third-order valence-electron chi connectivity index (χ3n) is 2.97.